The number of hydrogen-bond acceptors (Lipinski definition) is 4. The van der Waals surface area contributed by atoms with Gasteiger partial charge in [0.2, 0.25) is 0 Å². The molecule has 0 aliphatic rings. The van der Waals surface area contributed by atoms with Crippen molar-refractivity contribution in [3.8, 4) is 0 Å². The molecule has 0 aliphatic carbocycles. The van der Waals surface area contributed by atoms with Crippen LogP contribution in [0.3, 0.4) is 0 Å². The van der Waals surface area contributed by atoms with E-state index in [1.54, 1.807) is 24.3 Å². The zero-order valence-corrected chi connectivity index (χ0v) is 13.2. The highest BCUT2D eigenvalue weighted by Gasteiger charge is 2.24. The van der Waals surface area contributed by atoms with Crippen LogP contribution in [0, 0.1) is 6.92 Å². The van der Waals surface area contributed by atoms with Crippen LogP contribution in [-0.4, -0.2) is 13.4 Å². The average molecular weight is 326 g/mol. The van der Waals surface area contributed by atoms with Gasteiger partial charge >= 0.3 is 0 Å². The van der Waals surface area contributed by atoms with Crippen molar-refractivity contribution >= 4 is 38.6 Å². The Morgan fingerprint density at radius 2 is 1.90 bits per heavy atom. The fourth-order valence-corrected chi connectivity index (χ4v) is 4.48. The van der Waals surface area contributed by atoms with E-state index in [9.17, 15) is 8.42 Å². The highest BCUT2D eigenvalue weighted by Crippen LogP contribution is 2.23. The number of thiocarbonyl (C=S) groups is 1. The van der Waals surface area contributed by atoms with Crippen molar-refractivity contribution < 1.29 is 8.42 Å². The molecule has 3 N–H and O–H groups in total. The van der Waals surface area contributed by atoms with E-state index >= 15 is 0 Å². The van der Waals surface area contributed by atoms with Crippen molar-refractivity contribution in [3.63, 3.8) is 0 Å². The van der Waals surface area contributed by atoms with Gasteiger partial charge in [-0.15, -0.1) is 11.3 Å². The topological polar surface area (TPSA) is 72.2 Å². The predicted octanol–water partition coefficient (Wildman–Crippen LogP) is 2.36. The molecule has 1 aromatic carbocycles. The van der Waals surface area contributed by atoms with Crippen LogP contribution in [0.25, 0.3) is 0 Å². The summed E-state index contributed by atoms with van der Waals surface area (Å²) >= 11 is 6.19. The molecule has 0 radical (unpaired) electrons. The lowest BCUT2D eigenvalue weighted by molar-refractivity contribution is 0.579. The van der Waals surface area contributed by atoms with E-state index in [2.05, 4.69) is 4.72 Å². The quantitative estimate of drug-likeness (QED) is 0.828. The van der Waals surface area contributed by atoms with Crippen molar-refractivity contribution in [3.05, 3.63) is 52.9 Å². The van der Waals surface area contributed by atoms with Gasteiger partial charge < -0.3 is 5.73 Å². The second-order valence-corrected chi connectivity index (χ2v) is 7.93. The Morgan fingerprint density at radius 3 is 2.40 bits per heavy atom. The van der Waals surface area contributed by atoms with Crippen molar-refractivity contribution in [1.29, 1.82) is 0 Å². The first kappa shape index (κ1) is 15.1. The molecule has 1 heterocycles. The summed E-state index contributed by atoms with van der Waals surface area (Å²) < 4.78 is 27.4. The molecule has 0 spiro atoms. The molecule has 2 rings (SSSR count). The fourth-order valence-electron chi connectivity index (χ4n) is 1.71. The number of thiophene rings is 1. The van der Waals surface area contributed by atoms with Crippen molar-refractivity contribution in [2.75, 3.05) is 0 Å². The molecule has 7 heteroatoms. The maximum Gasteiger partial charge on any atom is 0.251 e. The highest BCUT2D eigenvalue weighted by atomic mass is 32.2. The molecule has 0 fully saturated rings. The molecule has 20 heavy (non-hydrogen) atoms. The molecule has 106 valence electrons. The zero-order valence-electron chi connectivity index (χ0n) is 10.7. The first-order valence-electron chi connectivity index (χ1n) is 5.83. The van der Waals surface area contributed by atoms with Crippen LogP contribution in [0.2, 0.25) is 0 Å². The third kappa shape index (κ3) is 3.43. The van der Waals surface area contributed by atoms with E-state index < -0.39 is 16.1 Å². The Balaban J connectivity index is 2.32. The van der Waals surface area contributed by atoms with E-state index in [1.165, 1.54) is 11.3 Å². The van der Waals surface area contributed by atoms with E-state index in [0.717, 1.165) is 10.4 Å². The zero-order chi connectivity index (χ0) is 14.8. The highest BCUT2D eigenvalue weighted by molar-refractivity contribution is 7.91. The van der Waals surface area contributed by atoms with E-state index in [0.29, 0.717) is 0 Å². The van der Waals surface area contributed by atoms with Gasteiger partial charge in [-0.25, -0.2) is 8.42 Å². The number of aryl methyl sites for hydroxylation is 1. The van der Waals surface area contributed by atoms with Gasteiger partial charge in [-0.3, -0.25) is 0 Å². The molecule has 0 saturated heterocycles. The molecule has 2 aromatic rings. The lowest BCUT2D eigenvalue weighted by Crippen LogP contribution is -2.36. The van der Waals surface area contributed by atoms with Crippen LogP contribution in [0.15, 0.2) is 46.7 Å². The van der Waals surface area contributed by atoms with Crippen LogP contribution in [0.4, 0.5) is 0 Å². The van der Waals surface area contributed by atoms with E-state index in [4.69, 9.17) is 18.0 Å². The number of nitrogens with two attached hydrogens (primary N) is 1. The SMILES string of the molecule is Cc1ccc(S(=O)(=O)NC(C(N)=S)c2ccccc2)s1. The Hall–Kier alpha value is -1.28. The van der Waals surface area contributed by atoms with Gasteiger partial charge in [-0.2, -0.15) is 4.72 Å². The maximum absolute atomic E-state index is 12.3. The third-order valence-electron chi connectivity index (χ3n) is 2.67. The molecular formula is C13H14N2O2S3. The molecule has 0 aliphatic heterocycles. The minimum Gasteiger partial charge on any atom is -0.392 e. The van der Waals surface area contributed by atoms with Gasteiger partial charge in [0.25, 0.3) is 10.0 Å². The van der Waals surface area contributed by atoms with Gasteiger partial charge in [-0.1, -0.05) is 42.5 Å². The Morgan fingerprint density at radius 1 is 1.25 bits per heavy atom. The normalized spacial score (nSPS) is 13.1. The standard InChI is InChI=1S/C13H14N2O2S3/c1-9-7-8-11(19-9)20(16,17)15-12(13(14)18)10-5-3-2-4-6-10/h2-8,12,15H,1H3,(H2,14,18). The number of benzene rings is 1. The summed E-state index contributed by atoms with van der Waals surface area (Å²) in [5, 5.41) is 0. The lowest BCUT2D eigenvalue weighted by atomic mass is 10.1. The van der Waals surface area contributed by atoms with Crippen LogP contribution in [-0.2, 0) is 10.0 Å². The van der Waals surface area contributed by atoms with Crippen LogP contribution in [0.1, 0.15) is 16.5 Å². The largest absolute Gasteiger partial charge is 0.392 e. The molecule has 0 amide bonds. The summed E-state index contributed by atoms with van der Waals surface area (Å²) in [6.07, 6.45) is 0. The molecule has 4 nitrogen and oxygen atoms in total. The smallest absolute Gasteiger partial charge is 0.251 e. The van der Waals surface area contributed by atoms with E-state index in [1.807, 2.05) is 25.1 Å². The third-order valence-corrected chi connectivity index (χ3v) is 5.82. The second kappa shape index (κ2) is 6.01. The maximum atomic E-state index is 12.3. The van der Waals surface area contributed by atoms with Gasteiger partial charge in [0.1, 0.15) is 4.21 Å². The van der Waals surface area contributed by atoms with Gasteiger partial charge in [-0.05, 0) is 24.6 Å². The lowest BCUT2D eigenvalue weighted by Gasteiger charge is -2.17. The first-order valence-corrected chi connectivity index (χ1v) is 8.54. The van der Waals surface area contributed by atoms with Crippen LogP contribution in [0.5, 0.6) is 0 Å². The fraction of sp³-hybridized carbons (Fsp3) is 0.154. The predicted molar refractivity (Wildman–Crippen MR) is 85.3 cm³/mol. The molecule has 0 bridgehead atoms. The molecule has 1 aromatic heterocycles. The summed E-state index contributed by atoms with van der Waals surface area (Å²) in [7, 11) is -3.63. The second-order valence-electron chi connectivity index (χ2n) is 4.23. The average Bonchev–Trinajstić information content (AvgIpc) is 2.84. The first-order chi connectivity index (χ1) is 9.40. The van der Waals surface area contributed by atoms with Gasteiger partial charge in [0.15, 0.2) is 0 Å². The summed E-state index contributed by atoms with van der Waals surface area (Å²) in [4.78, 5) is 1.02. The Bertz CT molecular complexity index is 708. The minimum absolute atomic E-state index is 0.0908. The van der Waals surface area contributed by atoms with Crippen molar-refractivity contribution in [2.24, 2.45) is 5.73 Å². The van der Waals surface area contributed by atoms with Crippen LogP contribution >= 0.6 is 23.6 Å². The number of nitrogens with one attached hydrogen (secondary N) is 1. The van der Waals surface area contributed by atoms with Crippen molar-refractivity contribution in [1.82, 2.24) is 4.72 Å². The number of rotatable bonds is 5. The summed E-state index contributed by atoms with van der Waals surface area (Å²) in [6.45, 7) is 1.85. The van der Waals surface area contributed by atoms with Crippen LogP contribution < -0.4 is 10.5 Å². The summed E-state index contributed by atoms with van der Waals surface area (Å²) in [6, 6.07) is 11.7. The number of sulfonamides is 1. The minimum atomic E-state index is -3.63. The Kier molecular flexibility index (Phi) is 4.54. The molecule has 0 saturated carbocycles. The molecular weight excluding hydrogens is 312 g/mol. The summed E-state index contributed by atoms with van der Waals surface area (Å²) in [5.74, 6) is 0. The number of hydrogen-bond donors (Lipinski definition) is 2. The summed E-state index contributed by atoms with van der Waals surface area (Å²) in [5.41, 5.74) is 6.39. The molecule has 1 unspecified atom stereocenters. The molecule has 1 atom stereocenters. The van der Waals surface area contributed by atoms with Gasteiger partial charge in [0, 0.05) is 4.88 Å². The van der Waals surface area contributed by atoms with E-state index in [-0.39, 0.29) is 9.20 Å². The monoisotopic (exact) mass is 326 g/mol. The van der Waals surface area contributed by atoms with Crippen molar-refractivity contribution in [2.45, 2.75) is 17.2 Å². The van der Waals surface area contributed by atoms with Gasteiger partial charge in [0.05, 0.1) is 11.0 Å². The Labute approximate surface area is 127 Å².